The zero-order chi connectivity index (χ0) is 22.1. The fourth-order valence-electron chi connectivity index (χ4n) is 4.53. The SMILES string of the molecule is CCCOC(=O)C1C2C(=O)CC(c3ccc(OC)cc32)C1C(=O)OCC[Si](C)(C)C. The Hall–Kier alpha value is -2.15. The van der Waals surface area contributed by atoms with Crippen molar-refractivity contribution in [3.8, 4) is 5.75 Å². The molecule has 3 aliphatic carbocycles. The van der Waals surface area contributed by atoms with Crippen LogP contribution in [0.2, 0.25) is 25.7 Å². The summed E-state index contributed by atoms with van der Waals surface area (Å²) in [5, 5.41) is 0. The summed E-state index contributed by atoms with van der Waals surface area (Å²) >= 11 is 0. The Balaban J connectivity index is 1.96. The molecule has 0 aliphatic heterocycles. The standard InChI is InChI=1S/C23H32O6Si/c1-6-9-28-23(26)21-19-16-12-14(27-2)7-8-15(16)17(13-18(19)24)20(21)22(25)29-10-11-30(3,4)5/h7-8,12,17,19-21H,6,9-11,13H2,1-5H3. The van der Waals surface area contributed by atoms with Crippen LogP contribution in [0.1, 0.15) is 42.7 Å². The Morgan fingerprint density at radius 2 is 1.70 bits per heavy atom. The van der Waals surface area contributed by atoms with E-state index in [1.165, 1.54) is 0 Å². The van der Waals surface area contributed by atoms with Crippen LogP contribution in [0.3, 0.4) is 0 Å². The predicted octanol–water partition coefficient (Wildman–Crippen LogP) is 3.92. The smallest absolute Gasteiger partial charge is 0.310 e. The lowest BCUT2D eigenvalue weighted by Gasteiger charge is -2.46. The third-order valence-corrected chi connectivity index (χ3v) is 7.77. The number of fused-ring (bicyclic) bond motifs is 2. The third kappa shape index (κ3) is 4.46. The Morgan fingerprint density at radius 3 is 2.33 bits per heavy atom. The van der Waals surface area contributed by atoms with Crippen molar-refractivity contribution in [2.45, 2.75) is 57.3 Å². The molecule has 0 N–H and O–H groups in total. The molecule has 1 fully saturated rings. The van der Waals surface area contributed by atoms with Crippen LogP contribution in [-0.2, 0) is 23.9 Å². The highest BCUT2D eigenvalue weighted by atomic mass is 28.3. The normalized spacial score (nSPS) is 24.9. The molecule has 1 aromatic carbocycles. The Bertz CT molecular complexity index is 827. The molecule has 4 unspecified atom stereocenters. The summed E-state index contributed by atoms with van der Waals surface area (Å²) in [6.45, 7) is 9.18. The second-order valence-electron chi connectivity index (χ2n) is 9.45. The summed E-state index contributed by atoms with van der Waals surface area (Å²) in [5.41, 5.74) is 1.72. The monoisotopic (exact) mass is 432 g/mol. The average molecular weight is 433 g/mol. The van der Waals surface area contributed by atoms with Gasteiger partial charge in [-0.25, -0.2) is 0 Å². The second kappa shape index (κ2) is 8.92. The van der Waals surface area contributed by atoms with E-state index in [1.54, 1.807) is 7.11 Å². The molecule has 1 aromatic rings. The number of carbonyl (C=O) groups is 3. The van der Waals surface area contributed by atoms with E-state index in [0.717, 1.165) is 17.2 Å². The largest absolute Gasteiger partial charge is 0.497 e. The number of carbonyl (C=O) groups excluding carboxylic acids is 3. The van der Waals surface area contributed by atoms with E-state index in [1.807, 2.05) is 25.1 Å². The van der Waals surface area contributed by atoms with Gasteiger partial charge in [-0.15, -0.1) is 0 Å². The van der Waals surface area contributed by atoms with Gasteiger partial charge in [0.15, 0.2) is 0 Å². The van der Waals surface area contributed by atoms with Gasteiger partial charge >= 0.3 is 11.9 Å². The molecule has 2 bridgehead atoms. The number of methoxy groups -OCH3 is 1. The van der Waals surface area contributed by atoms with E-state index >= 15 is 0 Å². The summed E-state index contributed by atoms with van der Waals surface area (Å²) in [4.78, 5) is 39.1. The summed E-state index contributed by atoms with van der Waals surface area (Å²) < 4.78 is 16.4. The molecule has 0 saturated heterocycles. The van der Waals surface area contributed by atoms with Crippen LogP contribution in [0, 0.1) is 11.8 Å². The Morgan fingerprint density at radius 1 is 1.03 bits per heavy atom. The first-order chi connectivity index (χ1) is 14.2. The van der Waals surface area contributed by atoms with Crippen LogP contribution in [0.15, 0.2) is 18.2 Å². The lowest BCUT2D eigenvalue weighted by molar-refractivity contribution is -0.167. The molecule has 0 amide bonds. The first-order valence-corrected chi connectivity index (χ1v) is 14.4. The number of hydrogen-bond donors (Lipinski definition) is 0. The lowest BCUT2D eigenvalue weighted by Crippen LogP contribution is -2.50. The first-order valence-electron chi connectivity index (χ1n) is 10.7. The molecular weight excluding hydrogens is 400 g/mol. The second-order valence-corrected chi connectivity index (χ2v) is 15.1. The minimum absolute atomic E-state index is 0.0228. The summed E-state index contributed by atoms with van der Waals surface area (Å²) in [6.07, 6.45) is 0.922. The molecular formula is C23H32O6Si. The van der Waals surface area contributed by atoms with Gasteiger partial charge in [0.2, 0.25) is 0 Å². The zero-order valence-electron chi connectivity index (χ0n) is 18.5. The zero-order valence-corrected chi connectivity index (χ0v) is 19.5. The van der Waals surface area contributed by atoms with E-state index in [2.05, 4.69) is 19.6 Å². The lowest BCUT2D eigenvalue weighted by atomic mass is 9.55. The van der Waals surface area contributed by atoms with Gasteiger partial charge in [-0.2, -0.15) is 0 Å². The van der Waals surface area contributed by atoms with Crippen molar-refractivity contribution in [1.29, 1.82) is 0 Å². The van der Waals surface area contributed by atoms with Gasteiger partial charge in [-0.1, -0.05) is 32.6 Å². The van der Waals surface area contributed by atoms with E-state index in [-0.39, 0.29) is 24.7 Å². The highest BCUT2D eigenvalue weighted by Gasteiger charge is 2.57. The van der Waals surface area contributed by atoms with Gasteiger partial charge in [-0.05, 0) is 35.7 Å². The van der Waals surface area contributed by atoms with Crippen LogP contribution >= 0.6 is 0 Å². The van der Waals surface area contributed by atoms with Crippen LogP contribution in [-0.4, -0.2) is 46.1 Å². The highest BCUT2D eigenvalue weighted by molar-refractivity contribution is 6.76. The molecule has 0 aromatic heterocycles. The molecule has 4 atom stereocenters. The molecule has 30 heavy (non-hydrogen) atoms. The van der Waals surface area contributed by atoms with Gasteiger partial charge in [0.05, 0.1) is 38.1 Å². The summed E-state index contributed by atoms with van der Waals surface area (Å²) in [5.74, 6) is -2.88. The Labute approximate surface area is 179 Å². The topological polar surface area (TPSA) is 78.9 Å². The number of hydrogen-bond acceptors (Lipinski definition) is 6. The van der Waals surface area contributed by atoms with E-state index in [0.29, 0.717) is 18.8 Å². The van der Waals surface area contributed by atoms with Crippen LogP contribution in [0.4, 0.5) is 0 Å². The number of ketones is 1. The molecule has 3 aliphatic rings. The van der Waals surface area contributed by atoms with E-state index in [9.17, 15) is 14.4 Å². The minimum Gasteiger partial charge on any atom is -0.497 e. The fraction of sp³-hybridized carbons (Fsp3) is 0.609. The van der Waals surface area contributed by atoms with Gasteiger partial charge in [0.1, 0.15) is 11.5 Å². The number of Topliss-reactive ketones (excluding diaryl/α,β-unsaturated/α-hetero) is 1. The van der Waals surface area contributed by atoms with Gasteiger partial charge < -0.3 is 14.2 Å². The number of esters is 2. The number of rotatable bonds is 8. The molecule has 6 nitrogen and oxygen atoms in total. The molecule has 7 heteroatoms. The maximum Gasteiger partial charge on any atom is 0.310 e. The minimum atomic E-state index is -1.36. The van der Waals surface area contributed by atoms with Crippen LogP contribution in [0.5, 0.6) is 5.75 Å². The maximum atomic E-state index is 13.2. The third-order valence-electron chi connectivity index (χ3n) is 6.07. The van der Waals surface area contributed by atoms with E-state index < -0.39 is 37.8 Å². The van der Waals surface area contributed by atoms with Gasteiger partial charge in [-0.3, -0.25) is 14.4 Å². The quantitative estimate of drug-likeness (QED) is 0.458. The van der Waals surface area contributed by atoms with Crippen molar-refractivity contribution in [3.05, 3.63) is 29.3 Å². The van der Waals surface area contributed by atoms with Crippen LogP contribution < -0.4 is 4.74 Å². The van der Waals surface area contributed by atoms with Crippen molar-refractivity contribution in [3.63, 3.8) is 0 Å². The Kier molecular flexibility index (Phi) is 6.70. The number of benzene rings is 1. The predicted molar refractivity (Wildman–Crippen MR) is 115 cm³/mol. The van der Waals surface area contributed by atoms with Crippen molar-refractivity contribution in [1.82, 2.24) is 0 Å². The van der Waals surface area contributed by atoms with Crippen molar-refractivity contribution in [2.24, 2.45) is 11.8 Å². The fourth-order valence-corrected chi connectivity index (χ4v) is 5.25. The first kappa shape index (κ1) is 22.5. The molecule has 4 rings (SSSR count). The summed E-state index contributed by atoms with van der Waals surface area (Å²) in [6, 6.07) is 6.42. The molecule has 164 valence electrons. The van der Waals surface area contributed by atoms with Gasteiger partial charge in [0, 0.05) is 20.4 Å². The van der Waals surface area contributed by atoms with Crippen molar-refractivity contribution in [2.75, 3.05) is 20.3 Å². The molecule has 0 heterocycles. The molecule has 0 radical (unpaired) electrons. The average Bonchev–Trinajstić information content (AvgIpc) is 2.69. The summed E-state index contributed by atoms with van der Waals surface area (Å²) in [7, 11) is 0.203. The maximum absolute atomic E-state index is 13.2. The van der Waals surface area contributed by atoms with Crippen molar-refractivity contribution < 1.29 is 28.6 Å². The van der Waals surface area contributed by atoms with Crippen LogP contribution in [0.25, 0.3) is 0 Å². The molecule has 0 spiro atoms. The van der Waals surface area contributed by atoms with E-state index in [4.69, 9.17) is 14.2 Å². The van der Waals surface area contributed by atoms with Crippen molar-refractivity contribution >= 4 is 25.8 Å². The highest BCUT2D eigenvalue weighted by Crippen LogP contribution is 2.55. The number of ether oxygens (including phenoxy) is 3. The molecule has 1 saturated carbocycles. The van der Waals surface area contributed by atoms with Gasteiger partial charge in [0.25, 0.3) is 0 Å².